The van der Waals surface area contributed by atoms with Crippen molar-refractivity contribution in [3.8, 4) is 0 Å². The minimum absolute atomic E-state index is 0.00849. The fourth-order valence-electron chi connectivity index (χ4n) is 2.39. The number of carbonyl (C=O) groups is 2. The number of amides is 1. The van der Waals surface area contributed by atoms with Gasteiger partial charge in [0.2, 0.25) is 0 Å². The topological polar surface area (TPSA) is 79.5 Å². The van der Waals surface area contributed by atoms with E-state index in [1.165, 1.54) is 6.07 Å². The summed E-state index contributed by atoms with van der Waals surface area (Å²) in [5.74, 6) is -1.39. The Labute approximate surface area is 105 Å². The average molecular weight is 251 g/mol. The molecule has 0 aliphatic heterocycles. The molecular weight excluding hydrogens is 234 g/mol. The van der Waals surface area contributed by atoms with Crippen LogP contribution < -0.4 is 5.32 Å². The minimum atomic E-state index is -1.10. The lowest BCUT2D eigenvalue weighted by molar-refractivity contribution is 0.0695. The second kappa shape index (κ2) is 4.48. The van der Waals surface area contributed by atoms with Gasteiger partial charge in [-0.1, -0.05) is 20.3 Å². The molecule has 1 fully saturated rings. The summed E-state index contributed by atoms with van der Waals surface area (Å²) < 4.78 is 4.97. The zero-order chi connectivity index (χ0) is 13.3. The monoisotopic (exact) mass is 251 g/mol. The first-order valence-corrected chi connectivity index (χ1v) is 6.03. The van der Waals surface area contributed by atoms with Gasteiger partial charge in [-0.2, -0.15) is 0 Å². The van der Waals surface area contributed by atoms with E-state index in [1.54, 1.807) is 0 Å². The van der Waals surface area contributed by atoms with E-state index in [0.29, 0.717) is 0 Å². The molecule has 1 saturated carbocycles. The lowest BCUT2D eigenvalue weighted by atomic mass is 9.87. The Morgan fingerprint density at radius 2 is 2.22 bits per heavy atom. The number of hydrogen-bond donors (Lipinski definition) is 2. The summed E-state index contributed by atoms with van der Waals surface area (Å²) in [6.45, 7) is 4.24. The molecule has 2 N–H and O–H groups in total. The number of nitrogens with one attached hydrogen (secondary N) is 1. The molecule has 5 heteroatoms. The molecule has 18 heavy (non-hydrogen) atoms. The van der Waals surface area contributed by atoms with E-state index in [0.717, 1.165) is 25.5 Å². The quantitative estimate of drug-likeness (QED) is 0.863. The van der Waals surface area contributed by atoms with Crippen LogP contribution in [0.25, 0.3) is 0 Å². The number of hydrogen-bond acceptors (Lipinski definition) is 3. The van der Waals surface area contributed by atoms with Crippen LogP contribution in [0.5, 0.6) is 0 Å². The summed E-state index contributed by atoms with van der Waals surface area (Å²) in [6.07, 6.45) is 4.20. The maximum absolute atomic E-state index is 11.9. The predicted molar refractivity (Wildman–Crippen MR) is 64.6 cm³/mol. The molecule has 5 nitrogen and oxygen atoms in total. The maximum Gasteiger partial charge on any atom is 0.338 e. The molecule has 0 spiro atoms. The van der Waals surface area contributed by atoms with Gasteiger partial charge in [-0.15, -0.1) is 0 Å². The van der Waals surface area contributed by atoms with Crippen LogP contribution in [0.15, 0.2) is 16.7 Å². The highest BCUT2D eigenvalue weighted by molar-refractivity contribution is 5.95. The van der Waals surface area contributed by atoms with Crippen LogP contribution in [-0.4, -0.2) is 23.0 Å². The SMILES string of the molecule is CC1(C)CCCC1NC(=O)c1cc(C(=O)O)co1. The second-order valence-electron chi connectivity index (χ2n) is 5.41. The normalized spacial score (nSPS) is 21.8. The molecule has 0 saturated heterocycles. The van der Waals surface area contributed by atoms with Crippen molar-refractivity contribution in [1.29, 1.82) is 0 Å². The molecule has 0 aromatic carbocycles. The van der Waals surface area contributed by atoms with E-state index in [9.17, 15) is 9.59 Å². The van der Waals surface area contributed by atoms with Gasteiger partial charge in [0, 0.05) is 12.1 Å². The maximum atomic E-state index is 11.9. The van der Waals surface area contributed by atoms with Gasteiger partial charge in [-0.25, -0.2) is 4.79 Å². The Morgan fingerprint density at radius 3 is 2.72 bits per heavy atom. The van der Waals surface area contributed by atoms with Gasteiger partial charge in [-0.05, 0) is 18.3 Å². The van der Waals surface area contributed by atoms with E-state index in [2.05, 4.69) is 19.2 Å². The highest BCUT2D eigenvalue weighted by Gasteiger charge is 2.35. The second-order valence-corrected chi connectivity index (χ2v) is 5.41. The first kappa shape index (κ1) is 12.7. The van der Waals surface area contributed by atoms with Gasteiger partial charge in [0.1, 0.15) is 6.26 Å². The number of carboxylic acid groups (broad SMARTS) is 1. The Hall–Kier alpha value is -1.78. The third kappa shape index (κ3) is 2.39. The zero-order valence-corrected chi connectivity index (χ0v) is 10.5. The van der Waals surface area contributed by atoms with Crippen LogP contribution in [0, 0.1) is 5.41 Å². The third-order valence-electron chi connectivity index (χ3n) is 3.63. The molecule has 0 bridgehead atoms. The molecule has 1 amide bonds. The molecule has 1 unspecified atom stereocenters. The third-order valence-corrected chi connectivity index (χ3v) is 3.63. The summed E-state index contributed by atoms with van der Waals surface area (Å²) >= 11 is 0. The first-order chi connectivity index (χ1) is 8.40. The Morgan fingerprint density at radius 1 is 1.50 bits per heavy atom. The fraction of sp³-hybridized carbons (Fsp3) is 0.538. The van der Waals surface area contributed by atoms with Crippen molar-refractivity contribution in [2.45, 2.75) is 39.2 Å². The summed E-state index contributed by atoms with van der Waals surface area (Å²) in [5, 5.41) is 11.7. The number of carbonyl (C=O) groups excluding carboxylic acids is 1. The van der Waals surface area contributed by atoms with Gasteiger partial charge in [0.15, 0.2) is 5.76 Å². The highest BCUT2D eigenvalue weighted by atomic mass is 16.4. The van der Waals surface area contributed by atoms with Crippen LogP contribution in [0.1, 0.15) is 54.0 Å². The van der Waals surface area contributed by atoms with Crippen LogP contribution in [0.4, 0.5) is 0 Å². The highest BCUT2D eigenvalue weighted by Crippen LogP contribution is 2.37. The molecule has 1 aliphatic carbocycles. The number of aromatic carboxylic acids is 1. The van der Waals surface area contributed by atoms with E-state index in [-0.39, 0.29) is 28.7 Å². The van der Waals surface area contributed by atoms with Crippen molar-refractivity contribution < 1.29 is 19.1 Å². The fourth-order valence-corrected chi connectivity index (χ4v) is 2.39. The number of carboxylic acids is 1. The minimum Gasteiger partial charge on any atom is -0.478 e. The van der Waals surface area contributed by atoms with E-state index < -0.39 is 5.97 Å². The van der Waals surface area contributed by atoms with Gasteiger partial charge >= 0.3 is 5.97 Å². The van der Waals surface area contributed by atoms with Crippen LogP contribution in [-0.2, 0) is 0 Å². The largest absolute Gasteiger partial charge is 0.478 e. The van der Waals surface area contributed by atoms with Gasteiger partial charge in [0.05, 0.1) is 5.56 Å². The standard InChI is InChI=1S/C13H17NO4/c1-13(2)5-3-4-10(13)14-11(15)9-6-8(7-18-9)12(16)17/h6-7,10H,3-5H2,1-2H3,(H,14,15)(H,16,17). The van der Waals surface area contributed by atoms with E-state index in [1.807, 2.05) is 0 Å². The van der Waals surface area contributed by atoms with Crippen molar-refractivity contribution in [2.75, 3.05) is 0 Å². The zero-order valence-electron chi connectivity index (χ0n) is 10.5. The lowest BCUT2D eigenvalue weighted by Crippen LogP contribution is -2.41. The molecule has 1 atom stereocenters. The number of rotatable bonds is 3. The molecule has 0 radical (unpaired) electrons. The summed E-state index contributed by atoms with van der Waals surface area (Å²) in [7, 11) is 0. The summed E-state index contributed by atoms with van der Waals surface area (Å²) in [5.41, 5.74) is 0.0727. The van der Waals surface area contributed by atoms with Crippen molar-refractivity contribution in [3.05, 3.63) is 23.7 Å². The molecule has 1 aromatic heterocycles. The van der Waals surface area contributed by atoms with E-state index in [4.69, 9.17) is 9.52 Å². The van der Waals surface area contributed by atoms with Crippen molar-refractivity contribution in [3.63, 3.8) is 0 Å². The van der Waals surface area contributed by atoms with Gasteiger partial charge in [0.25, 0.3) is 5.91 Å². The van der Waals surface area contributed by atoms with E-state index >= 15 is 0 Å². The summed E-state index contributed by atoms with van der Waals surface area (Å²) in [6, 6.07) is 1.36. The Balaban J connectivity index is 2.05. The number of furan rings is 1. The predicted octanol–water partition coefficient (Wildman–Crippen LogP) is 2.29. The molecular formula is C13H17NO4. The molecule has 1 aliphatic rings. The first-order valence-electron chi connectivity index (χ1n) is 6.03. The molecule has 98 valence electrons. The van der Waals surface area contributed by atoms with Gasteiger partial charge in [-0.3, -0.25) is 4.79 Å². The van der Waals surface area contributed by atoms with Gasteiger partial charge < -0.3 is 14.8 Å². The Bertz CT molecular complexity index is 475. The molecule has 2 rings (SSSR count). The van der Waals surface area contributed by atoms with Crippen molar-refractivity contribution in [2.24, 2.45) is 5.41 Å². The van der Waals surface area contributed by atoms with Crippen LogP contribution in [0.2, 0.25) is 0 Å². The van der Waals surface area contributed by atoms with Crippen LogP contribution in [0.3, 0.4) is 0 Å². The van der Waals surface area contributed by atoms with Crippen molar-refractivity contribution >= 4 is 11.9 Å². The van der Waals surface area contributed by atoms with Crippen molar-refractivity contribution in [1.82, 2.24) is 5.32 Å². The summed E-state index contributed by atoms with van der Waals surface area (Å²) in [4.78, 5) is 22.6. The molecule has 1 aromatic rings. The lowest BCUT2D eigenvalue weighted by Gasteiger charge is -2.27. The smallest absolute Gasteiger partial charge is 0.338 e. The Kier molecular flexibility index (Phi) is 3.15. The van der Waals surface area contributed by atoms with Crippen LogP contribution >= 0.6 is 0 Å². The average Bonchev–Trinajstić information content (AvgIpc) is 2.86. The molecule has 1 heterocycles.